The second-order valence-electron chi connectivity index (χ2n) is 5.50. The Bertz CT molecular complexity index is 639. The molecule has 1 heterocycles. The third-order valence-corrected chi connectivity index (χ3v) is 5.90. The van der Waals surface area contributed by atoms with Crippen molar-refractivity contribution in [2.24, 2.45) is 0 Å². The number of nitrogens with zero attached hydrogens (tertiary/aromatic N) is 3. The van der Waals surface area contributed by atoms with Crippen LogP contribution in [0.3, 0.4) is 0 Å². The smallest absolute Gasteiger partial charge is 0.269 e. The summed E-state index contributed by atoms with van der Waals surface area (Å²) >= 11 is 0. The quantitative estimate of drug-likeness (QED) is 0.564. The summed E-state index contributed by atoms with van der Waals surface area (Å²) in [5.41, 5.74) is -0.123. The summed E-state index contributed by atoms with van der Waals surface area (Å²) in [5, 5.41) is 10.6. The number of nitro benzene ring substituents is 1. The van der Waals surface area contributed by atoms with E-state index >= 15 is 0 Å². The molecule has 1 aliphatic rings. The molecule has 1 unspecified atom stereocenters. The first kappa shape index (κ1) is 17.8. The maximum atomic E-state index is 12.6. The molecule has 0 bridgehead atoms. The Morgan fingerprint density at radius 2 is 1.78 bits per heavy atom. The molecule has 0 radical (unpaired) electrons. The average molecular weight is 343 g/mol. The van der Waals surface area contributed by atoms with E-state index in [0.717, 1.165) is 0 Å². The molecule has 1 aromatic carbocycles. The molecular formula is C14H21N3O5S. The summed E-state index contributed by atoms with van der Waals surface area (Å²) in [4.78, 5) is 12.4. The van der Waals surface area contributed by atoms with Gasteiger partial charge in [0.05, 0.1) is 16.4 Å². The maximum Gasteiger partial charge on any atom is 0.269 e. The summed E-state index contributed by atoms with van der Waals surface area (Å²) in [5.74, 6) is 0. The van der Waals surface area contributed by atoms with Gasteiger partial charge in [-0.05, 0) is 19.1 Å². The number of rotatable bonds is 6. The van der Waals surface area contributed by atoms with Crippen LogP contribution in [0.2, 0.25) is 0 Å². The van der Waals surface area contributed by atoms with Gasteiger partial charge < -0.3 is 4.74 Å². The SMILES string of the molecule is COCC(C)N1CCN(S(=O)(=O)c2ccc([N+](=O)[O-])cc2)CC1. The van der Waals surface area contributed by atoms with Crippen molar-refractivity contribution in [2.75, 3.05) is 39.9 Å². The first-order valence-corrected chi connectivity index (χ1v) is 8.78. The molecule has 1 fully saturated rings. The van der Waals surface area contributed by atoms with Crippen LogP contribution in [0.5, 0.6) is 0 Å². The van der Waals surface area contributed by atoms with Crippen LogP contribution in [-0.2, 0) is 14.8 Å². The van der Waals surface area contributed by atoms with Gasteiger partial charge >= 0.3 is 0 Å². The molecule has 1 atom stereocenters. The Balaban J connectivity index is 2.05. The average Bonchev–Trinajstić information content (AvgIpc) is 2.55. The monoisotopic (exact) mass is 343 g/mol. The van der Waals surface area contributed by atoms with Gasteiger partial charge in [-0.3, -0.25) is 15.0 Å². The molecule has 1 aromatic rings. The van der Waals surface area contributed by atoms with Crippen LogP contribution in [0.15, 0.2) is 29.2 Å². The molecule has 128 valence electrons. The largest absolute Gasteiger partial charge is 0.383 e. The molecular weight excluding hydrogens is 322 g/mol. The van der Waals surface area contributed by atoms with Crippen molar-refractivity contribution in [3.63, 3.8) is 0 Å². The van der Waals surface area contributed by atoms with Crippen molar-refractivity contribution in [3.8, 4) is 0 Å². The topological polar surface area (TPSA) is 93.0 Å². The van der Waals surface area contributed by atoms with Crippen LogP contribution >= 0.6 is 0 Å². The van der Waals surface area contributed by atoms with E-state index in [1.165, 1.54) is 28.6 Å². The van der Waals surface area contributed by atoms with E-state index in [2.05, 4.69) is 4.90 Å². The number of nitro groups is 1. The Labute approximate surface area is 135 Å². The van der Waals surface area contributed by atoms with Gasteiger partial charge in [-0.15, -0.1) is 0 Å². The second kappa shape index (κ2) is 7.35. The number of hydrogen-bond acceptors (Lipinski definition) is 6. The highest BCUT2D eigenvalue weighted by Crippen LogP contribution is 2.21. The molecule has 0 aromatic heterocycles. The van der Waals surface area contributed by atoms with Crippen molar-refractivity contribution < 1.29 is 18.1 Å². The van der Waals surface area contributed by atoms with Crippen molar-refractivity contribution in [1.29, 1.82) is 0 Å². The fourth-order valence-corrected chi connectivity index (χ4v) is 4.04. The number of hydrogen-bond donors (Lipinski definition) is 0. The van der Waals surface area contributed by atoms with Gasteiger partial charge in [0, 0.05) is 51.5 Å². The van der Waals surface area contributed by atoms with Crippen LogP contribution < -0.4 is 0 Å². The van der Waals surface area contributed by atoms with Crippen molar-refractivity contribution in [2.45, 2.75) is 17.9 Å². The zero-order valence-corrected chi connectivity index (χ0v) is 14.0. The van der Waals surface area contributed by atoms with E-state index in [1.54, 1.807) is 7.11 Å². The Morgan fingerprint density at radius 3 is 2.26 bits per heavy atom. The zero-order valence-electron chi connectivity index (χ0n) is 13.2. The second-order valence-corrected chi connectivity index (χ2v) is 7.43. The number of sulfonamides is 1. The lowest BCUT2D eigenvalue weighted by atomic mass is 10.2. The van der Waals surface area contributed by atoms with Crippen LogP contribution in [0.4, 0.5) is 5.69 Å². The minimum Gasteiger partial charge on any atom is -0.383 e. The number of ether oxygens (including phenoxy) is 1. The molecule has 23 heavy (non-hydrogen) atoms. The van der Waals surface area contributed by atoms with Crippen molar-refractivity contribution in [3.05, 3.63) is 34.4 Å². The molecule has 1 saturated heterocycles. The molecule has 1 aliphatic heterocycles. The Kier molecular flexibility index (Phi) is 5.69. The Morgan fingerprint density at radius 1 is 1.22 bits per heavy atom. The molecule has 0 saturated carbocycles. The van der Waals surface area contributed by atoms with Crippen LogP contribution in [-0.4, -0.2) is 68.5 Å². The maximum absolute atomic E-state index is 12.6. The predicted molar refractivity (Wildman–Crippen MR) is 84.8 cm³/mol. The van der Waals surface area contributed by atoms with E-state index in [0.29, 0.717) is 32.8 Å². The van der Waals surface area contributed by atoms with Crippen LogP contribution in [0.25, 0.3) is 0 Å². The third-order valence-electron chi connectivity index (χ3n) is 3.99. The van der Waals surface area contributed by atoms with E-state index < -0.39 is 14.9 Å². The summed E-state index contributed by atoms with van der Waals surface area (Å²) < 4.78 is 31.7. The molecule has 0 amide bonds. The normalized spacial score (nSPS) is 18.7. The summed E-state index contributed by atoms with van der Waals surface area (Å²) in [6.07, 6.45) is 0. The molecule has 2 rings (SSSR count). The minimum atomic E-state index is -3.61. The molecule has 8 nitrogen and oxygen atoms in total. The number of benzene rings is 1. The lowest BCUT2D eigenvalue weighted by Gasteiger charge is -2.37. The first-order chi connectivity index (χ1) is 10.9. The lowest BCUT2D eigenvalue weighted by Crippen LogP contribution is -2.52. The number of methoxy groups -OCH3 is 1. The minimum absolute atomic E-state index is 0.0847. The Hall–Kier alpha value is -1.55. The third kappa shape index (κ3) is 4.05. The molecule has 0 N–H and O–H groups in total. The van der Waals surface area contributed by atoms with Gasteiger partial charge in [0.2, 0.25) is 10.0 Å². The molecule has 9 heteroatoms. The fraction of sp³-hybridized carbons (Fsp3) is 0.571. The van der Waals surface area contributed by atoms with E-state index in [-0.39, 0.29) is 16.6 Å². The van der Waals surface area contributed by atoms with Gasteiger partial charge in [0.15, 0.2) is 0 Å². The van der Waals surface area contributed by atoms with E-state index in [9.17, 15) is 18.5 Å². The van der Waals surface area contributed by atoms with Gasteiger partial charge in [-0.1, -0.05) is 0 Å². The van der Waals surface area contributed by atoms with Gasteiger partial charge in [0.1, 0.15) is 0 Å². The van der Waals surface area contributed by atoms with E-state index in [4.69, 9.17) is 4.74 Å². The van der Waals surface area contributed by atoms with Crippen molar-refractivity contribution >= 4 is 15.7 Å². The lowest BCUT2D eigenvalue weighted by molar-refractivity contribution is -0.384. The van der Waals surface area contributed by atoms with Gasteiger partial charge in [-0.25, -0.2) is 8.42 Å². The number of piperazine rings is 1. The zero-order chi connectivity index (χ0) is 17.0. The van der Waals surface area contributed by atoms with Crippen LogP contribution in [0.1, 0.15) is 6.92 Å². The van der Waals surface area contributed by atoms with Gasteiger partial charge in [0.25, 0.3) is 5.69 Å². The summed E-state index contributed by atoms with van der Waals surface area (Å²) in [6, 6.07) is 5.23. The highest BCUT2D eigenvalue weighted by Gasteiger charge is 2.30. The fourth-order valence-electron chi connectivity index (χ4n) is 2.62. The standard InChI is InChI=1S/C14H21N3O5S/c1-12(11-22-2)15-7-9-16(10-8-15)23(20,21)14-5-3-13(4-6-14)17(18)19/h3-6,12H,7-11H2,1-2H3. The number of non-ortho nitro benzene ring substituents is 1. The summed E-state index contributed by atoms with van der Waals surface area (Å²) in [7, 11) is -1.97. The van der Waals surface area contributed by atoms with E-state index in [1.807, 2.05) is 6.92 Å². The predicted octanol–water partition coefficient (Wildman–Crippen LogP) is 0.936. The van der Waals surface area contributed by atoms with Gasteiger partial charge in [-0.2, -0.15) is 4.31 Å². The first-order valence-electron chi connectivity index (χ1n) is 7.34. The highest BCUT2D eigenvalue weighted by atomic mass is 32.2. The molecule has 0 spiro atoms. The highest BCUT2D eigenvalue weighted by molar-refractivity contribution is 7.89. The summed E-state index contributed by atoms with van der Waals surface area (Å²) in [6.45, 7) is 4.72. The van der Waals surface area contributed by atoms with Crippen molar-refractivity contribution in [1.82, 2.24) is 9.21 Å². The van der Waals surface area contributed by atoms with Crippen LogP contribution in [0, 0.1) is 10.1 Å². The molecule has 0 aliphatic carbocycles.